The maximum Gasteiger partial charge on any atom is 0.118 e. The van der Waals surface area contributed by atoms with E-state index in [1.807, 2.05) is 12.1 Å². The molecule has 0 aliphatic carbocycles. The molecule has 0 aromatic heterocycles. The molecule has 1 aromatic carbocycles. The Balaban J connectivity index is 0.00000225. The molecule has 0 fully saturated rings. The van der Waals surface area contributed by atoms with Crippen LogP contribution in [-0.4, -0.2) is 13.2 Å². The summed E-state index contributed by atoms with van der Waals surface area (Å²) in [5, 5.41) is 0. The van der Waals surface area contributed by atoms with Gasteiger partial charge < -0.3 is 10.5 Å². The molecular weight excluding hydrogens is 222 g/mol. The quantitative estimate of drug-likeness (QED) is 0.801. The molecule has 0 amide bonds. The van der Waals surface area contributed by atoms with Crippen LogP contribution in [0.2, 0.25) is 0 Å². The zero-order chi connectivity index (χ0) is 11.1. The number of benzene rings is 1. The molecule has 1 rings (SSSR count). The Hall–Kier alpha value is -1.17. The summed E-state index contributed by atoms with van der Waals surface area (Å²) in [5.41, 5.74) is 6.92. The molecule has 0 saturated carbocycles. The second-order valence-electron chi connectivity index (χ2n) is 3.51. The summed E-state index contributed by atoms with van der Waals surface area (Å²) in [7, 11) is 1.67. The number of rotatable bonds is 5. The minimum absolute atomic E-state index is 0. The normalized spacial score (nSPS) is 11.1. The van der Waals surface area contributed by atoms with E-state index >= 15 is 0 Å². The monoisotopic (exact) mass is 239 g/mol. The van der Waals surface area contributed by atoms with E-state index in [0.717, 1.165) is 25.0 Å². The molecular formula is C13H18ClNO. The summed E-state index contributed by atoms with van der Waals surface area (Å²) in [6, 6.07) is 7.97. The number of ether oxygens (including phenoxy) is 1. The Morgan fingerprint density at radius 2 is 2.00 bits per heavy atom. The van der Waals surface area contributed by atoms with Crippen molar-refractivity contribution in [2.75, 3.05) is 7.11 Å². The highest BCUT2D eigenvalue weighted by Gasteiger charge is 1.98. The zero-order valence-electron chi connectivity index (χ0n) is 9.48. The molecule has 2 N–H and O–H groups in total. The highest BCUT2D eigenvalue weighted by molar-refractivity contribution is 5.85. The maximum atomic E-state index is 5.63. The van der Waals surface area contributed by atoms with Gasteiger partial charge in [-0.2, -0.15) is 0 Å². The summed E-state index contributed by atoms with van der Waals surface area (Å²) >= 11 is 0. The van der Waals surface area contributed by atoms with Crippen molar-refractivity contribution in [3.8, 4) is 18.1 Å². The van der Waals surface area contributed by atoms with Gasteiger partial charge in [-0.1, -0.05) is 18.1 Å². The molecule has 0 aliphatic heterocycles. The Labute approximate surface area is 104 Å². The largest absolute Gasteiger partial charge is 0.497 e. The lowest BCUT2D eigenvalue weighted by atomic mass is 10.1. The first-order chi connectivity index (χ1) is 7.26. The zero-order valence-corrected chi connectivity index (χ0v) is 10.3. The summed E-state index contributed by atoms with van der Waals surface area (Å²) in [5.74, 6) is 3.42. The third-order valence-electron chi connectivity index (χ3n) is 2.35. The molecule has 0 radical (unpaired) electrons. The molecule has 1 atom stereocenters. The molecule has 0 bridgehead atoms. The summed E-state index contributed by atoms with van der Waals surface area (Å²) in [6.45, 7) is 0. The van der Waals surface area contributed by atoms with Crippen LogP contribution >= 0.6 is 12.4 Å². The molecule has 0 spiro atoms. The van der Waals surface area contributed by atoms with Gasteiger partial charge >= 0.3 is 0 Å². The van der Waals surface area contributed by atoms with Crippen molar-refractivity contribution in [3.05, 3.63) is 29.8 Å². The van der Waals surface area contributed by atoms with E-state index in [2.05, 4.69) is 18.1 Å². The van der Waals surface area contributed by atoms with Crippen LogP contribution in [0.4, 0.5) is 0 Å². The van der Waals surface area contributed by atoms with Crippen LogP contribution in [0.5, 0.6) is 5.75 Å². The van der Waals surface area contributed by atoms with Crippen LogP contribution in [0.3, 0.4) is 0 Å². The Kier molecular flexibility index (Phi) is 7.45. The third kappa shape index (κ3) is 5.06. The van der Waals surface area contributed by atoms with Gasteiger partial charge in [-0.25, -0.2) is 0 Å². The molecule has 0 saturated heterocycles. The fourth-order valence-corrected chi connectivity index (χ4v) is 1.40. The highest BCUT2D eigenvalue weighted by Crippen LogP contribution is 2.13. The Morgan fingerprint density at radius 3 is 2.50 bits per heavy atom. The molecule has 1 aromatic rings. The van der Waals surface area contributed by atoms with E-state index in [9.17, 15) is 0 Å². The Morgan fingerprint density at radius 1 is 1.38 bits per heavy atom. The van der Waals surface area contributed by atoms with Crippen molar-refractivity contribution in [3.63, 3.8) is 0 Å². The van der Waals surface area contributed by atoms with E-state index < -0.39 is 0 Å². The van der Waals surface area contributed by atoms with Crippen LogP contribution in [0.1, 0.15) is 18.4 Å². The molecule has 88 valence electrons. The number of halogens is 1. The van der Waals surface area contributed by atoms with Gasteiger partial charge in [-0.05, 0) is 37.0 Å². The lowest BCUT2D eigenvalue weighted by Crippen LogP contribution is -2.16. The van der Waals surface area contributed by atoms with Crippen LogP contribution in [0, 0.1) is 12.3 Å². The smallest absolute Gasteiger partial charge is 0.118 e. The van der Waals surface area contributed by atoms with Crippen molar-refractivity contribution in [1.29, 1.82) is 0 Å². The van der Waals surface area contributed by atoms with Gasteiger partial charge in [0.25, 0.3) is 0 Å². The lowest BCUT2D eigenvalue weighted by Gasteiger charge is -2.05. The van der Waals surface area contributed by atoms with E-state index in [-0.39, 0.29) is 18.4 Å². The van der Waals surface area contributed by atoms with Crippen LogP contribution in [0.15, 0.2) is 24.3 Å². The Bertz CT molecular complexity index is 329. The lowest BCUT2D eigenvalue weighted by molar-refractivity contribution is 0.414. The molecule has 3 heteroatoms. The first-order valence-corrected chi connectivity index (χ1v) is 5.11. The average molecular weight is 240 g/mol. The van der Waals surface area contributed by atoms with Gasteiger partial charge in [0.15, 0.2) is 0 Å². The maximum absolute atomic E-state index is 5.63. The number of methoxy groups -OCH3 is 1. The summed E-state index contributed by atoms with van der Waals surface area (Å²) in [4.78, 5) is 0. The van der Waals surface area contributed by atoms with Crippen LogP contribution in [0.25, 0.3) is 0 Å². The highest BCUT2D eigenvalue weighted by atomic mass is 35.5. The van der Waals surface area contributed by atoms with Crippen molar-refractivity contribution in [2.45, 2.75) is 25.3 Å². The fourth-order valence-electron chi connectivity index (χ4n) is 1.40. The first-order valence-electron chi connectivity index (χ1n) is 5.11. The fraction of sp³-hybridized carbons (Fsp3) is 0.385. The predicted molar refractivity (Wildman–Crippen MR) is 70.0 cm³/mol. The summed E-state index contributed by atoms with van der Waals surface area (Å²) in [6.07, 6.45) is 8.11. The number of terminal acetylenes is 1. The molecule has 16 heavy (non-hydrogen) atoms. The second-order valence-corrected chi connectivity index (χ2v) is 3.51. The van der Waals surface area contributed by atoms with Crippen LogP contribution < -0.4 is 10.5 Å². The summed E-state index contributed by atoms with van der Waals surface area (Å²) < 4.78 is 5.08. The number of nitrogens with two attached hydrogens (primary N) is 1. The number of aryl methyl sites for hydroxylation is 1. The van der Waals surface area contributed by atoms with Gasteiger partial charge in [0.05, 0.1) is 13.2 Å². The van der Waals surface area contributed by atoms with Gasteiger partial charge in [0.2, 0.25) is 0 Å². The number of hydrogen-bond acceptors (Lipinski definition) is 2. The van der Waals surface area contributed by atoms with Gasteiger partial charge in [0, 0.05) is 0 Å². The number of hydrogen-bond donors (Lipinski definition) is 1. The SMILES string of the molecule is C#CC(N)CCCc1ccc(OC)cc1.Cl. The van der Waals surface area contributed by atoms with Crippen LogP contribution in [-0.2, 0) is 6.42 Å². The van der Waals surface area contributed by atoms with Crippen molar-refractivity contribution in [2.24, 2.45) is 5.73 Å². The molecule has 2 nitrogen and oxygen atoms in total. The predicted octanol–water partition coefficient (Wildman–Crippen LogP) is 2.40. The van der Waals surface area contributed by atoms with Gasteiger partial charge in [0.1, 0.15) is 5.75 Å². The minimum atomic E-state index is -0.108. The van der Waals surface area contributed by atoms with E-state index in [4.69, 9.17) is 16.9 Å². The third-order valence-corrected chi connectivity index (χ3v) is 2.35. The topological polar surface area (TPSA) is 35.2 Å². The van der Waals surface area contributed by atoms with Gasteiger partial charge in [-0.15, -0.1) is 18.8 Å². The first kappa shape index (κ1) is 14.8. The van der Waals surface area contributed by atoms with Crippen molar-refractivity contribution < 1.29 is 4.74 Å². The van der Waals surface area contributed by atoms with Gasteiger partial charge in [-0.3, -0.25) is 0 Å². The standard InChI is InChI=1S/C13H17NO.ClH/c1-3-12(14)6-4-5-11-7-9-13(15-2)10-8-11;/h1,7-10,12H,4-6,14H2,2H3;1H. The van der Waals surface area contributed by atoms with E-state index in [0.29, 0.717) is 0 Å². The average Bonchev–Trinajstić information content (AvgIpc) is 2.29. The van der Waals surface area contributed by atoms with E-state index in [1.54, 1.807) is 7.11 Å². The van der Waals surface area contributed by atoms with E-state index in [1.165, 1.54) is 5.56 Å². The molecule has 0 aliphatic rings. The molecule has 1 unspecified atom stereocenters. The van der Waals surface area contributed by atoms with Crippen molar-refractivity contribution >= 4 is 12.4 Å². The molecule has 0 heterocycles. The second kappa shape index (κ2) is 8.04. The minimum Gasteiger partial charge on any atom is -0.497 e. The van der Waals surface area contributed by atoms with Crippen molar-refractivity contribution in [1.82, 2.24) is 0 Å².